The topological polar surface area (TPSA) is 78.9 Å². The molecular formula is C18H15ClN2O4. The Morgan fingerprint density at radius 3 is 2.56 bits per heavy atom. The highest BCUT2D eigenvalue weighted by molar-refractivity contribution is 6.30. The molecule has 1 saturated heterocycles. The van der Waals surface area contributed by atoms with Crippen LogP contribution in [-0.4, -0.2) is 29.1 Å². The number of carbonyl (C=O) groups is 2. The fourth-order valence-electron chi connectivity index (χ4n) is 2.45. The predicted molar refractivity (Wildman–Crippen MR) is 93.2 cm³/mol. The molecule has 7 heteroatoms. The lowest BCUT2D eigenvalue weighted by molar-refractivity contribution is -0.123. The van der Waals surface area contributed by atoms with Gasteiger partial charge >= 0.3 is 6.03 Å². The Hall–Kier alpha value is -2.99. The molecule has 0 unspecified atom stereocenters. The van der Waals surface area contributed by atoms with Crippen molar-refractivity contribution in [2.75, 3.05) is 7.11 Å². The van der Waals surface area contributed by atoms with Gasteiger partial charge in [-0.15, -0.1) is 0 Å². The fourth-order valence-corrected chi connectivity index (χ4v) is 2.58. The number of hydrogen-bond donors (Lipinski definition) is 2. The first-order valence-electron chi connectivity index (χ1n) is 7.44. The molecule has 0 spiro atoms. The summed E-state index contributed by atoms with van der Waals surface area (Å²) >= 11 is 5.84. The minimum atomic E-state index is -0.496. The Bertz CT molecular complexity index is 862. The molecule has 6 nitrogen and oxygen atoms in total. The van der Waals surface area contributed by atoms with Crippen molar-refractivity contribution in [3.8, 4) is 11.5 Å². The van der Waals surface area contributed by atoms with Gasteiger partial charge in [-0.3, -0.25) is 9.69 Å². The second-order valence-electron chi connectivity index (χ2n) is 5.44. The number of amides is 3. The van der Waals surface area contributed by atoms with E-state index in [1.54, 1.807) is 36.4 Å². The molecule has 2 aromatic carbocycles. The number of ether oxygens (including phenoxy) is 1. The molecule has 0 radical (unpaired) electrons. The highest BCUT2D eigenvalue weighted by atomic mass is 35.5. The molecule has 0 aliphatic carbocycles. The minimum Gasteiger partial charge on any atom is -0.504 e. The maximum absolute atomic E-state index is 12.5. The van der Waals surface area contributed by atoms with E-state index in [4.69, 9.17) is 16.3 Å². The van der Waals surface area contributed by atoms with Crippen LogP contribution in [0, 0.1) is 0 Å². The highest BCUT2D eigenvalue weighted by Gasteiger charge is 2.33. The van der Waals surface area contributed by atoms with Crippen molar-refractivity contribution in [3.05, 3.63) is 64.3 Å². The molecule has 0 saturated carbocycles. The number of halogens is 1. The van der Waals surface area contributed by atoms with Gasteiger partial charge in [0.1, 0.15) is 5.70 Å². The maximum Gasteiger partial charge on any atom is 0.329 e. The van der Waals surface area contributed by atoms with Gasteiger partial charge in [-0.25, -0.2) is 4.79 Å². The molecule has 2 N–H and O–H groups in total. The third kappa shape index (κ3) is 3.59. The summed E-state index contributed by atoms with van der Waals surface area (Å²) in [5, 5.41) is 12.9. The second-order valence-corrected chi connectivity index (χ2v) is 5.87. The average Bonchev–Trinajstić information content (AvgIpc) is 2.84. The summed E-state index contributed by atoms with van der Waals surface area (Å²) in [6, 6.07) is 11.1. The molecule has 3 amide bonds. The van der Waals surface area contributed by atoms with E-state index >= 15 is 0 Å². The minimum absolute atomic E-state index is 0.0494. The lowest BCUT2D eigenvalue weighted by Gasteiger charge is -2.11. The van der Waals surface area contributed by atoms with E-state index in [1.807, 2.05) is 0 Å². The third-order valence-electron chi connectivity index (χ3n) is 3.73. The van der Waals surface area contributed by atoms with Crippen LogP contribution in [0.3, 0.4) is 0 Å². The number of phenols is 1. The van der Waals surface area contributed by atoms with Crippen molar-refractivity contribution < 1.29 is 19.4 Å². The zero-order valence-corrected chi connectivity index (χ0v) is 14.1. The van der Waals surface area contributed by atoms with Crippen molar-refractivity contribution in [3.63, 3.8) is 0 Å². The van der Waals surface area contributed by atoms with Crippen LogP contribution in [0.4, 0.5) is 4.79 Å². The van der Waals surface area contributed by atoms with Crippen molar-refractivity contribution in [2.24, 2.45) is 0 Å². The first-order valence-corrected chi connectivity index (χ1v) is 7.81. The molecule has 1 aliphatic rings. The van der Waals surface area contributed by atoms with E-state index in [-0.39, 0.29) is 18.0 Å². The maximum atomic E-state index is 12.5. The zero-order chi connectivity index (χ0) is 18.0. The lowest BCUT2D eigenvalue weighted by atomic mass is 10.1. The predicted octanol–water partition coefficient (Wildman–Crippen LogP) is 3.15. The summed E-state index contributed by atoms with van der Waals surface area (Å²) in [5.41, 5.74) is 1.50. The van der Waals surface area contributed by atoms with Crippen LogP contribution < -0.4 is 10.1 Å². The molecule has 0 aromatic heterocycles. The molecule has 0 bridgehead atoms. The Labute approximate surface area is 149 Å². The highest BCUT2D eigenvalue weighted by Crippen LogP contribution is 2.27. The molecular weight excluding hydrogens is 344 g/mol. The quantitative estimate of drug-likeness (QED) is 0.650. The molecule has 128 valence electrons. The monoisotopic (exact) mass is 358 g/mol. The number of imide groups is 1. The van der Waals surface area contributed by atoms with Crippen LogP contribution in [0.25, 0.3) is 6.08 Å². The van der Waals surface area contributed by atoms with Crippen LogP contribution in [-0.2, 0) is 11.3 Å². The van der Waals surface area contributed by atoms with E-state index in [1.165, 1.54) is 19.3 Å². The van der Waals surface area contributed by atoms with E-state index in [9.17, 15) is 14.7 Å². The molecule has 1 aliphatic heterocycles. The van der Waals surface area contributed by atoms with Crippen molar-refractivity contribution in [1.82, 2.24) is 10.2 Å². The number of phenolic OH excluding ortho intramolecular Hbond substituents is 1. The molecule has 2 aromatic rings. The van der Waals surface area contributed by atoms with Crippen LogP contribution in [0.15, 0.2) is 48.2 Å². The van der Waals surface area contributed by atoms with Crippen molar-refractivity contribution in [2.45, 2.75) is 6.54 Å². The van der Waals surface area contributed by atoms with Gasteiger partial charge in [0.2, 0.25) is 0 Å². The van der Waals surface area contributed by atoms with E-state index in [0.717, 1.165) is 10.5 Å². The number of carbonyl (C=O) groups excluding carboxylic acids is 2. The third-order valence-corrected chi connectivity index (χ3v) is 3.98. The average molecular weight is 359 g/mol. The first-order chi connectivity index (χ1) is 12.0. The van der Waals surface area contributed by atoms with Gasteiger partial charge in [0.25, 0.3) is 5.91 Å². The lowest BCUT2D eigenvalue weighted by Crippen LogP contribution is -2.30. The summed E-state index contributed by atoms with van der Waals surface area (Å²) in [6.07, 6.45) is 1.50. The summed E-state index contributed by atoms with van der Waals surface area (Å²) in [6.45, 7) is 0.146. The first kappa shape index (κ1) is 16.9. The summed E-state index contributed by atoms with van der Waals surface area (Å²) in [4.78, 5) is 25.7. The largest absolute Gasteiger partial charge is 0.504 e. The van der Waals surface area contributed by atoms with Gasteiger partial charge < -0.3 is 15.2 Å². The fraction of sp³-hybridized carbons (Fsp3) is 0.111. The standard InChI is InChI=1S/C18H15ClN2O4/c1-25-16-7-4-12(9-15(16)22)8-14-17(23)21(18(24)20-14)10-11-2-5-13(19)6-3-11/h2-9,22H,10H2,1H3,(H,20,24)/b14-8+. The second kappa shape index (κ2) is 6.86. The van der Waals surface area contributed by atoms with E-state index < -0.39 is 11.9 Å². The molecule has 1 fully saturated rings. The molecule has 1 heterocycles. The number of nitrogens with zero attached hydrogens (tertiary/aromatic N) is 1. The van der Waals surface area contributed by atoms with Gasteiger partial charge in [0, 0.05) is 5.02 Å². The summed E-state index contributed by atoms with van der Waals surface area (Å²) in [5.74, 6) is -0.157. The SMILES string of the molecule is COc1ccc(/C=C2/NC(=O)N(Cc3ccc(Cl)cc3)C2=O)cc1O. The number of rotatable bonds is 4. The smallest absolute Gasteiger partial charge is 0.329 e. The number of hydrogen-bond acceptors (Lipinski definition) is 4. The summed E-state index contributed by atoms with van der Waals surface area (Å²) in [7, 11) is 1.45. The van der Waals surface area contributed by atoms with Gasteiger partial charge in [-0.05, 0) is 41.5 Å². The van der Waals surface area contributed by atoms with Crippen molar-refractivity contribution in [1.29, 1.82) is 0 Å². The zero-order valence-electron chi connectivity index (χ0n) is 13.3. The number of nitrogens with one attached hydrogen (secondary N) is 1. The number of benzene rings is 2. The van der Waals surface area contributed by atoms with E-state index in [2.05, 4.69) is 5.32 Å². The number of urea groups is 1. The van der Waals surface area contributed by atoms with Gasteiger partial charge in [-0.1, -0.05) is 29.8 Å². The Kier molecular flexibility index (Phi) is 4.63. The molecule has 0 atom stereocenters. The van der Waals surface area contributed by atoms with Crippen molar-refractivity contribution >= 4 is 29.6 Å². The summed E-state index contributed by atoms with van der Waals surface area (Å²) < 4.78 is 4.97. The van der Waals surface area contributed by atoms with Crippen LogP contribution >= 0.6 is 11.6 Å². The Morgan fingerprint density at radius 2 is 1.92 bits per heavy atom. The number of methoxy groups -OCH3 is 1. The Balaban J connectivity index is 1.80. The van der Waals surface area contributed by atoms with E-state index in [0.29, 0.717) is 16.3 Å². The van der Waals surface area contributed by atoms with Crippen LogP contribution in [0.5, 0.6) is 11.5 Å². The molecule has 25 heavy (non-hydrogen) atoms. The Morgan fingerprint density at radius 1 is 1.20 bits per heavy atom. The van der Waals surface area contributed by atoms with Gasteiger partial charge in [0.05, 0.1) is 13.7 Å². The van der Waals surface area contributed by atoms with Gasteiger partial charge in [-0.2, -0.15) is 0 Å². The van der Waals surface area contributed by atoms with Gasteiger partial charge in [0.15, 0.2) is 11.5 Å². The number of aromatic hydroxyl groups is 1. The molecule has 3 rings (SSSR count). The normalized spacial score (nSPS) is 15.6. The van der Waals surface area contributed by atoms with Crippen LogP contribution in [0.1, 0.15) is 11.1 Å². The van der Waals surface area contributed by atoms with Crippen LogP contribution in [0.2, 0.25) is 5.02 Å².